The Morgan fingerprint density at radius 3 is 2.25 bits per heavy atom. The number of carboxylic acid groups (broad SMARTS) is 1. The molecule has 1 heterocycles. The van der Waals surface area contributed by atoms with Crippen LogP contribution in [0.25, 0.3) is 11.1 Å². The van der Waals surface area contributed by atoms with Crippen molar-refractivity contribution in [2.24, 2.45) is 5.92 Å². The van der Waals surface area contributed by atoms with Crippen LogP contribution >= 0.6 is 0 Å². The van der Waals surface area contributed by atoms with Gasteiger partial charge in [-0.2, -0.15) is 0 Å². The van der Waals surface area contributed by atoms with E-state index in [1.165, 1.54) is 0 Å². The third-order valence-electron chi connectivity index (χ3n) is 7.00. The minimum Gasteiger partial charge on any atom is -0.481 e. The molecule has 1 saturated heterocycles. The molecule has 0 aromatic heterocycles. The zero-order chi connectivity index (χ0) is 22.2. The smallest absolute Gasteiger partial charge is 0.407 e. The number of ether oxygens (including phenoxy) is 1. The van der Waals surface area contributed by atoms with Gasteiger partial charge in [-0.15, -0.1) is 0 Å². The minimum atomic E-state index is -1.13. The summed E-state index contributed by atoms with van der Waals surface area (Å²) in [4.78, 5) is 38.7. The van der Waals surface area contributed by atoms with Crippen LogP contribution in [0.15, 0.2) is 48.5 Å². The molecule has 2 aromatic carbocycles. The Hall–Kier alpha value is -3.35. The predicted octanol–water partition coefficient (Wildman–Crippen LogP) is 3.38. The molecule has 1 saturated carbocycles. The van der Waals surface area contributed by atoms with Gasteiger partial charge in [0.25, 0.3) is 0 Å². The van der Waals surface area contributed by atoms with Crippen molar-refractivity contribution in [3.8, 4) is 11.1 Å². The van der Waals surface area contributed by atoms with E-state index in [0.29, 0.717) is 12.5 Å². The number of carbonyl (C=O) groups excluding carboxylic acids is 2. The van der Waals surface area contributed by atoms with Crippen molar-refractivity contribution < 1.29 is 24.2 Å². The highest BCUT2D eigenvalue weighted by Gasteiger charge is 2.43. The number of amides is 2. The lowest BCUT2D eigenvalue weighted by Crippen LogP contribution is -2.51. The molecule has 0 spiro atoms. The van der Waals surface area contributed by atoms with Crippen LogP contribution < -0.4 is 5.32 Å². The average Bonchev–Trinajstić information content (AvgIpc) is 3.50. The zero-order valence-corrected chi connectivity index (χ0v) is 17.7. The molecule has 0 radical (unpaired) electrons. The zero-order valence-electron chi connectivity index (χ0n) is 17.7. The summed E-state index contributed by atoms with van der Waals surface area (Å²) in [7, 11) is 0. The normalized spacial score (nSPS) is 21.7. The number of benzene rings is 2. The fourth-order valence-corrected chi connectivity index (χ4v) is 5.55. The van der Waals surface area contributed by atoms with Crippen LogP contribution in [0.5, 0.6) is 0 Å². The van der Waals surface area contributed by atoms with Crippen molar-refractivity contribution in [1.29, 1.82) is 0 Å². The van der Waals surface area contributed by atoms with Gasteiger partial charge < -0.3 is 20.1 Å². The maximum atomic E-state index is 13.0. The summed E-state index contributed by atoms with van der Waals surface area (Å²) in [5.41, 5.74) is 4.43. The third-order valence-corrected chi connectivity index (χ3v) is 7.00. The number of rotatable bonds is 6. The van der Waals surface area contributed by atoms with Gasteiger partial charge in [0, 0.05) is 18.5 Å². The van der Waals surface area contributed by atoms with Crippen molar-refractivity contribution in [1.82, 2.24) is 10.2 Å². The van der Waals surface area contributed by atoms with Crippen LogP contribution in [0.1, 0.15) is 42.7 Å². The number of carbonyl (C=O) groups is 3. The van der Waals surface area contributed by atoms with Gasteiger partial charge in [-0.25, -0.2) is 4.79 Å². The third kappa shape index (κ3) is 3.72. The minimum absolute atomic E-state index is 0.101. The molecule has 2 aromatic rings. The number of likely N-dealkylation sites (tertiary alicyclic amines) is 1. The molecule has 166 valence electrons. The standard InChI is InChI=1S/C25H26N2O5/c28-23(29)12-22(24(30)27-13-15-9-10-16(27)11-15)26-25(31)32-14-21-19-7-3-1-5-17(19)18-6-2-4-8-20(18)21/h1-8,15-16,21-22H,9-14H2,(H,26,31)(H,28,29). The first-order valence-electron chi connectivity index (χ1n) is 11.1. The average molecular weight is 434 g/mol. The first-order valence-corrected chi connectivity index (χ1v) is 11.1. The number of nitrogens with one attached hydrogen (secondary N) is 1. The lowest BCUT2D eigenvalue weighted by Gasteiger charge is -2.30. The highest BCUT2D eigenvalue weighted by Crippen LogP contribution is 2.44. The molecular weight excluding hydrogens is 408 g/mol. The quantitative estimate of drug-likeness (QED) is 0.727. The Balaban J connectivity index is 1.26. The van der Waals surface area contributed by atoms with E-state index in [-0.39, 0.29) is 24.5 Å². The maximum absolute atomic E-state index is 13.0. The highest BCUT2D eigenvalue weighted by molar-refractivity contribution is 5.89. The van der Waals surface area contributed by atoms with Crippen LogP contribution in [0.4, 0.5) is 4.79 Å². The molecule has 3 atom stereocenters. The molecule has 3 unspecified atom stereocenters. The van der Waals surface area contributed by atoms with Crippen LogP contribution in [0.2, 0.25) is 0 Å². The molecule has 7 nitrogen and oxygen atoms in total. The SMILES string of the molecule is O=C(O)CC(NC(=O)OCC1c2ccccc2-c2ccccc21)C(=O)N1CC2CCC1C2. The molecule has 1 aliphatic heterocycles. The summed E-state index contributed by atoms with van der Waals surface area (Å²) in [6.07, 6.45) is 1.79. The molecule has 3 aliphatic rings. The van der Waals surface area contributed by atoms with Gasteiger partial charge in [-0.05, 0) is 47.4 Å². The van der Waals surface area contributed by atoms with Gasteiger partial charge in [-0.1, -0.05) is 48.5 Å². The van der Waals surface area contributed by atoms with E-state index in [9.17, 15) is 19.5 Å². The summed E-state index contributed by atoms with van der Waals surface area (Å²) < 4.78 is 5.51. The van der Waals surface area contributed by atoms with Gasteiger partial charge in [-0.3, -0.25) is 9.59 Å². The molecule has 2 bridgehead atoms. The lowest BCUT2D eigenvalue weighted by molar-refractivity contribution is -0.143. The van der Waals surface area contributed by atoms with E-state index < -0.39 is 24.5 Å². The number of hydrogen-bond donors (Lipinski definition) is 2. The van der Waals surface area contributed by atoms with E-state index in [1.807, 2.05) is 36.4 Å². The second-order valence-electron chi connectivity index (χ2n) is 8.94. The molecule has 2 aliphatic carbocycles. The number of nitrogens with zero attached hydrogens (tertiary/aromatic N) is 1. The number of piperidine rings is 1. The summed E-state index contributed by atoms with van der Waals surface area (Å²) >= 11 is 0. The van der Waals surface area contributed by atoms with Gasteiger partial charge in [0.15, 0.2) is 0 Å². The molecule has 5 rings (SSSR count). The lowest BCUT2D eigenvalue weighted by atomic mass is 9.98. The first-order chi connectivity index (χ1) is 15.5. The Morgan fingerprint density at radius 2 is 1.69 bits per heavy atom. The Bertz CT molecular complexity index is 1020. The van der Waals surface area contributed by atoms with Gasteiger partial charge in [0.2, 0.25) is 5.91 Å². The summed E-state index contributed by atoms with van der Waals surface area (Å²) in [5.74, 6) is -1.07. The number of carboxylic acids is 1. The van der Waals surface area contributed by atoms with E-state index >= 15 is 0 Å². The summed E-state index contributed by atoms with van der Waals surface area (Å²) in [5, 5.41) is 11.8. The van der Waals surface area contributed by atoms with Gasteiger partial charge >= 0.3 is 12.1 Å². The van der Waals surface area contributed by atoms with Crippen molar-refractivity contribution >= 4 is 18.0 Å². The monoisotopic (exact) mass is 434 g/mol. The number of fused-ring (bicyclic) bond motifs is 5. The van der Waals surface area contributed by atoms with Gasteiger partial charge in [0.05, 0.1) is 6.42 Å². The fraction of sp³-hybridized carbons (Fsp3) is 0.400. The summed E-state index contributed by atoms with van der Waals surface area (Å²) in [6, 6.07) is 15.1. The van der Waals surface area contributed by atoms with Crippen molar-refractivity contribution in [3.05, 3.63) is 59.7 Å². The first kappa shape index (κ1) is 20.5. The number of aliphatic carboxylic acids is 1. The Kier molecular flexibility index (Phi) is 5.33. The van der Waals surface area contributed by atoms with E-state index in [0.717, 1.165) is 41.5 Å². The molecular formula is C25H26N2O5. The van der Waals surface area contributed by atoms with Crippen molar-refractivity contribution in [2.75, 3.05) is 13.2 Å². The number of alkyl carbamates (subject to hydrolysis) is 1. The van der Waals surface area contributed by atoms with Crippen LogP contribution in [0, 0.1) is 5.92 Å². The van der Waals surface area contributed by atoms with E-state index in [1.54, 1.807) is 4.90 Å². The van der Waals surface area contributed by atoms with Crippen LogP contribution in [-0.4, -0.2) is 53.2 Å². The second-order valence-corrected chi connectivity index (χ2v) is 8.94. The summed E-state index contributed by atoms with van der Waals surface area (Å²) in [6.45, 7) is 0.758. The second kappa shape index (κ2) is 8.30. The Labute approximate surface area is 186 Å². The maximum Gasteiger partial charge on any atom is 0.407 e. The van der Waals surface area contributed by atoms with Crippen molar-refractivity contribution in [3.63, 3.8) is 0 Å². The van der Waals surface area contributed by atoms with E-state index in [4.69, 9.17) is 4.74 Å². The van der Waals surface area contributed by atoms with Crippen LogP contribution in [-0.2, 0) is 14.3 Å². The van der Waals surface area contributed by atoms with E-state index in [2.05, 4.69) is 17.4 Å². The van der Waals surface area contributed by atoms with Crippen molar-refractivity contribution in [2.45, 2.75) is 43.7 Å². The highest BCUT2D eigenvalue weighted by atomic mass is 16.5. The molecule has 7 heteroatoms. The topological polar surface area (TPSA) is 95.9 Å². The fourth-order valence-electron chi connectivity index (χ4n) is 5.55. The van der Waals surface area contributed by atoms with Crippen LogP contribution in [0.3, 0.4) is 0 Å². The molecule has 32 heavy (non-hydrogen) atoms. The largest absolute Gasteiger partial charge is 0.481 e. The molecule has 2 fully saturated rings. The van der Waals surface area contributed by atoms with Gasteiger partial charge in [0.1, 0.15) is 12.6 Å². The molecule has 2 N–H and O–H groups in total. The molecule has 2 amide bonds. The number of hydrogen-bond acceptors (Lipinski definition) is 4. The Morgan fingerprint density at radius 1 is 1.03 bits per heavy atom. The predicted molar refractivity (Wildman–Crippen MR) is 117 cm³/mol.